The van der Waals surface area contributed by atoms with Crippen molar-refractivity contribution in [1.29, 1.82) is 0 Å². The number of hydrogen-bond acceptors (Lipinski definition) is 0. The van der Waals surface area contributed by atoms with Gasteiger partial charge in [-0.1, -0.05) is 63.3 Å². The van der Waals surface area contributed by atoms with Crippen LogP contribution in [0.5, 0.6) is 0 Å². The van der Waals surface area contributed by atoms with Gasteiger partial charge in [-0.2, -0.15) is 0 Å². The van der Waals surface area contributed by atoms with E-state index in [2.05, 4.69) is 57.7 Å². The van der Waals surface area contributed by atoms with Crippen molar-refractivity contribution in [2.75, 3.05) is 0 Å². The van der Waals surface area contributed by atoms with E-state index in [1.54, 1.807) is 0 Å². The molecule has 1 aromatic rings. The van der Waals surface area contributed by atoms with Crippen LogP contribution in [-0.2, 0) is 5.41 Å². The fraction of sp³-hybridized carbons (Fsp3) is 0.467. The van der Waals surface area contributed by atoms with Crippen molar-refractivity contribution in [3.63, 3.8) is 0 Å². The zero-order chi connectivity index (χ0) is 11.1. The number of allylic oxidation sites excluding steroid dienone is 1. The highest BCUT2D eigenvalue weighted by Gasteiger charge is 2.59. The largest absolute Gasteiger partial charge is 0.0995 e. The van der Waals surface area contributed by atoms with E-state index in [0.717, 1.165) is 12.3 Å². The molecule has 0 aliphatic heterocycles. The summed E-state index contributed by atoms with van der Waals surface area (Å²) < 4.78 is 0. The molecule has 1 aromatic carbocycles. The van der Waals surface area contributed by atoms with Gasteiger partial charge < -0.3 is 0 Å². The SMILES string of the molecule is C=C(CC)C1C(C)C1(C)c1ccccc1. The van der Waals surface area contributed by atoms with Gasteiger partial charge in [-0.15, -0.1) is 0 Å². The van der Waals surface area contributed by atoms with Crippen LogP contribution in [0.4, 0.5) is 0 Å². The molecular weight excluding hydrogens is 180 g/mol. The second-order valence-electron chi connectivity index (χ2n) is 4.93. The van der Waals surface area contributed by atoms with Crippen molar-refractivity contribution in [2.45, 2.75) is 32.6 Å². The quantitative estimate of drug-likeness (QED) is 0.642. The Bertz CT molecular complexity index is 363. The first kappa shape index (κ1) is 10.5. The molecule has 0 heteroatoms. The van der Waals surface area contributed by atoms with Crippen molar-refractivity contribution >= 4 is 0 Å². The van der Waals surface area contributed by atoms with E-state index in [-0.39, 0.29) is 0 Å². The Balaban J connectivity index is 2.28. The zero-order valence-electron chi connectivity index (χ0n) is 9.96. The lowest BCUT2D eigenvalue weighted by Gasteiger charge is -2.12. The maximum atomic E-state index is 4.21. The third kappa shape index (κ3) is 1.43. The molecule has 0 nitrogen and oxygen atoms in total. The normalized spacial score (nSPS) is 33.8. The van der Waals surface area contributed by atoms with E-state index < -0.39 is 0 Å². The van der Waals surface area contributed by atoms with Crippen LogP contribution in [0.3, 0.4) is 0 Å². The molecule has 1 aliphatic rings. The third-order valence-electron chi connectivity index (χ3n) is 4.27. The molecule has 0 amide bonds. The van der Waals surface area contributed by atoms with Gasteiger partial charge in [0.1, 0.15) is 0 Å². The summed E-state index contributed by atoms with van der Waals surface area (Å²) in [5.41, 5.74) is 3.22. The van der Waals surface area contributed by atoms with Crippen molar-refractivity contribution in [3.8, 4) is 0 Å². The lowest BCUT2D eigenvalue weighted by Crippen LogP contribution is -2.06. The highest BCUT2D eigenvalue weighted by Crippen LogP contribution is 2.62. The van der Waals surface area contributed by atoms with E-state index in [4.69, 9.17) is 0 Å². The topological polar surface area (TPSA) is 0 Å². The molecule has 0 saturated heterocycles. The number of benzene rings is 1. The fourth-order valence-corrected chi connectivity index (χ4v) is 2.96. The molecule has 1 fully saturated rings. The Morgan fingerprint density at radius 1 is 1.33 bits per heavy atom. The molecule has 2 rings (SSSR count). The Labute approximate surface area is 93.0 Å². The van der Waals surface area contributed by atoms with Crippen LogP contribution >= 0.6 is 0 Å². The van der Waals surface area contributed by atoms with Gasteiger partial charge in [-0.05, 0) is 23.8 Å². The lowest BCUT2D eigenvalue weighted by molar-refractivity contribution is 0.682. The number of hydrogen-bond donors (Lipinski definition) is 0. The molecular formula is C15H20. The Morgan fingerprint density at radius 3 is 2.47 bits per heavy atom. The van der Waals surface area contributed by atoms with Crippen molar-refractivity contribution < 1.29 is 0 Å². The van der Waals surface area contributed by atoms with Crippen LogP contribution in [-0.4, -0.2) is 0 Å². The summed E-state index contributed by atoms with van der Waals surface area (Å²) in [6.07, 6.45) is 1.11. The van der Waals surface area contributed by atoms with Crippen LogP contribution in [0.25, 0.3) is 0 Å². The molecule has 3 atom stereocenters. The van der Waals surface area contributed by atoms with E-state index in [1.807, 2.05) is 0 Å². The molecule has 15 heavy (non-hydrogen) atoms. The molecule has 1 saturated carbocycles. The minimum absolute atomic E-state index is 0.342. The maximum Gasteiger partial charge on any atom is 0.00245 e. The minimum atomic E-state index is 0.342. The van der Waals surface area contributed by atoms with Gasteiger partial charge >= 0.3 is 0 Å². The fourth-order valence-electron chi connectivity index (χ4n) is 2.96. The van der Waals surface area contributed by atoms with E-state index >= 15 is 0 Å². The summed E-state index contributed by atoms with van der Waals surface area (Å²) in [5.74, 6) is 1.43. The first-order chi connectivity index (χ1) is 7.12. The molecule has 0 N–H and O–H groups in total. The first-order valence-electron chi connectivity index (χ1n) is 5.85. The highest BCUT2D eigenvalue weighted by molar-refractivity contribution is 5.39. The highest BCUT2D eigenvalue weighted by atomic mass is 14.6. The first-order valence-corrected chi connectivity index (χ1v) is 5.85. The predicted molar refractivity (Wildman–Crippen MR) is 65.9 cm³/mol. The average Bonchev–Trinajstić information content (AvgIpc) is 2.83. The Morgan fingerprint density at radius 2 is 1.93 bits per heavy atom. The second-order valence-corrected chi connectivity index (χ2v) is 4.93. The molecule has 0 aromatic heterocycles. The second kappa shape index (κ2) is 3.52. The van der Waals surface area contributed by atoms with Gasteiger partial charge in [-0.25, -0.2) is 0 Å². The molecule has 80 valence electrons. The van der Waals surface area contributed by atoms with Gasteiger partial charge in [0, 0.05) is 5.41 Å². The van der Waals surface area contributed by atoms with Crippen LogP contribution < -0.4 is 0 Å². The zero-order valence-corrected chi connectivity index (χ0v) is 9.96. The van der Waals surface area contributed by atoms with Crippen molar-refractivity contribution in [1.82, 2.24) is 0 Å². The molecule has 0 heterocycles. The van der Waals surface area contributed by atoms with Gasteiger partial charge in [0.15, 0.2) is 0 Å². The van der Waals surface area contributed by atoms with E-state index in [0.29, 0.717) is 11.3 Å². The van der Waals surface area contributed by atoms with Gasteiger partial charge in [0.2, 0.25) is 0 Å². The summed E-state index contributed by atoms with van der Waals surface area (Å²) in [4.78, 5) is 0. The average molecular weight is 200 g/mol. The van der Waals surface area contributed by atoms with E-state index in [1.165, 1.54) is 11.1 Å². The molecule has 0 bridgehead atoms. The number of rotatable bonds is 3. The Hall–Kier alpha value is -1.04. The molecule has 1 aliphatic carbocycles. The summed E-state index contributed by atoms with van der Waals surface area (Å²) in [7, 11) is 0. The van der Waals surface area contributed by atoms with Gasteiger partial charge in [0.05, 0.1) is 0 Å². The summed E-state index contributed by atoms with van der Waals surface area (Å²) >= 11 is 0. The Kier molecular flexibility index (Phi) is 2.46. The minimum Gasteiger partial charge on any atom is -0.0995 e. The molecule has 3 unspecified atom stereocenters. The molecule has 0 radical (unpaired) electrons. The van der Waals surface area contributed by atoms with Crippen LogP contribution in [0, 0.1) is 11.8 Å². The van der Waals surface area contributed by atoms with Gasteiger partial charge in [0.25, 0.3) is 0 Å². The molecule has 0 spiro atoms. The third-order valence-corrected chi connectivity index (χ3v) is 4.27. The predicted octanol–water partition coefficient (Wildman–Crippen LogP) is 4.18. The van der Waals surface area contributed by atoms with Gasteiger partial charge in [-0.3, -0.25) is 0 Å². The lowest BCUT2D eigenvalue weighted by atomic mass is 9.92. The maximum absolute atomic E-state index is 4.21. The summed E-state index contributed by atoms with van der Waals surface area (Å²) in [6, 6.07) is 10.9. The van der Waals surface area contributed by atoms with Crippen molar-refractivity contribution in [3.05, 3.63) is 48.0 Å². The monoisotopic (exact) mass is 200 g/mol. The smallest absolute Gasteiger partial charge is 0.00245 e. The van der Waals surface area contributed by atoms with Crippen molar-refractivity contribution in [2.24, 2.45) is 11.8 Å². The van der Waals surface area contributed by atoms with Crippen LogP contribution in [0.15, 0.2) is 42.5 Å². The summed E-state index contributed by atoms with van der Waals surface area (Å²) in [6.45, 7) is 11.1. The van der Waals surface area contributed by atoms with Crippen LogP contribution in [0.1, 0.15) is 32.8 Å². The van der Waals surface area contributed by atoms with E-state index in [9.17, 15) is 0 Å². The van der Waals surface area contributed by atoms with Crippen LogP contribution in [0.2, 0.25) is 0 Å². The standard InChI is InChI=1S/C15H20/c1-5-11(2)14-12(3)15(14,4)13-9-7-6-8-10-13/h6-10,12,14H,2,5H2,1,3-4H3. The summed E-state index contributed by atoms with van der Waals surface area (Å²) in [5, 5.41) is 0.